The molecule has 0 aliphatic rings. The van der Waals surface area contributed by atoms with Crippen LogP contribution in [-0.2, 0) is 11.3 Å². The van der Waals surface area contributed by atoms with Gasteiger partial charge in [-0.05, 0) is 32.4 Å². The monoisotopic (exact) mass is 216 g/mol. The molecule has 3 heteroatoms. The number of hydrogen-bond donors (Lipinski definition) is 0. The smallest absolute Gasteiger partial charge is 0.129 e. The van der Waals surface area contributed by atoms with E-state index in [1.54, 1.807) is 6.92 Å². The Morgan fingerprint density at radius 3 is 2.88 bits per heavy atom. The molecule has 0 amide bonds. The summed E-state index contributed by atoms with van der Waals surface area (Å²) in [6, 6.07) is 8.10. The SMILES string of the molecule is CC(=O)CCCn1c(C)nc2ccccc21. The van der Waals surface area contributed by atoms with E-state index in [0.717, 1.165) is 29.8 Å². The maximum Gasteiger partial charge on any atom is 0.129 e. The van der Waals surface area contributed by atoms with E-state index in [2.05, 4.69) is 15.6 Å². The second-order valence-corrected chi connectivity index (χ2v) is 4.10. The molecule has 3 nitrogen and oxygen atoms in total. The summed E-state index contributed by atoms with van der Waals surface area (Å²) in [4.78, 5) is 15.4. The number of fused-ring (bicyclic) bond motifs is 1. The summed E-state index contributed by atoms with van der Waals surface area (Å²) in [5.74, 6) is 1.27. The molecule has 2 aromatic rings. The van der Waals surface area contributed by atoms with Crippen LogP contribution < -0.4 is 0 Å². The second-order valence-electron chi connectivity index (χ2n) is 4.10. The number of imidazole rings is 1. The Morgan fingerprint density at radius 1 is 1.38 bits per heavy atom. The molecule has 0 radical (unpaired) electrons. The lowest BCUT2D eigenvalue weighted by atomic mass is 10.2. The van der Waals surface area contributed by atoms with Crippen molar-refractivity contribution in [3.8, 4) is 0 Å². The van der Waals surface area contributed by atoms with Crippen molar-refractivity contribution in [1.82, 2.24) is 9.55 Å². The van der Waals surface area contributed by atoms with Crippen molar-refractivity contribution in [2.75, 3.05) is 0 Å². The summed E-state index contributed by atoms with van der Waals surface area (Å²) in [7, 11) is 0. The molecule has 0 saturated carbocycles. The van der Waals surface area contributed by atoms with Gasteiger partial charge < -0.3 is 9.36 Å². The molecule has 1 aromatic carbocycles. The third kappa shape index (κ3) is 2.13. The van der Waals surface area contributed by atoms with Crippen molar-refractivity contribution in [3.05, 3.63) is 30.1 Å². The highest BCUT2D eigenvalue weighted by Gasteiger charge is 2.06. The fourth-order valence-corrected chi connectivity index (χ4v) is 1.96. The van der Waals surface area contributed by atoms with Crippen molar-refractivity contribution in [3.63, 3.8) is 0 Å². The largest absolute Gasteiger partial charge is 0.328 e. The van der Waals surface area contributed by atoms with Crippen molar-refractivity contribution in [2.45, 2.75) is 33.2 Å². The summed E-state index contributed by atoms with van der Waals surface area (Å²) >= 11 is 0. The highest BCUT2D eigenvalue weighted by molar-refractivity contribution is 5.76. The van der Waals surface area contributed by atoms with Gasteiger partial charge in [0, 0.05) is 13.0 Å². The first-order valence-electron chi connectivity index (χ1n) is 5.60. The van der Waals surface area contributed by atoms with Crippen molar-refractivity contribution in [2.24, 2.45) is 0 Å². The van der Waals surface area contributed by atoms with Gasteiger partial charge in [0.1, 0.15) is 11.6 Å². The number of para-hydroxylation sites is 2. The van der Waals surface area contributed by atoms with Crippen LogP contribution in [0.1, 0.15) is 25.6 Å². The van der Waals surface area contributed by atoms with Crippen LogP contribution in [0.2, 0.25) is 0 Å². The van der Waals surface area contributed by atoms with Gasteiger partial charge in [-0.15, -0.1) is 0 Å². The highest BCUT2D eigenvalue weighted by Crippen LogP contribution is 2.16. The lowest BCUT2D eigenvalue weighted by Gasteiger charge is -2.05. The Kier molecular flexibility index (Phi) is 3.04. The summed E-state index contributed by atoms with van der Waals surface area (Å²) in [6.07, 6.45) is 1.53. The van der Waals surface area contributed by atoms with Gasteiger partial charge in [0.05, 0.1) is 11.0 Å². The van der Waals surface area contributed by atoms with Gasteiger partial charge in [-0.1, -0.05) is 12.1 Å². The van der Waals surface area contributed by atoms with Gasteiger partial charge in [-0.3, -0.25) is 0 Å². The van der Waals surface area contributed by atoms with E-state index in [4.69, 9.17) is 0 Å². The molecule has 0 aliphatic heterocycles. The average Bonchev–Trinajstić information content (AvgIpc) is 2.55. The Bertz CT molecular complexity index is 514. The Morgan fingerprint density at radius 2 is 2.12 bits per heavy atom. The third-order valence-corrected chi connectivity index (χ3v) is 2.76. The molecule has 0 aliphatic carbocycles. The number of aromatic nitrogens is 2. The molecule has 16 heavy (non-hydrogen) atoms. The Hall–Kier alpha value is -1.64. The summed E-state index contributed by atoms with van der Waals surface area (Å²) < 4.78 is 2.18. The number of nitrogens with zero attached hydrogens (tertiary/aromatic N) is 2. The average molecular weight is 216 g/mol. The van der Waals surface area contributed by atoms with E-state index in [0.29, 0.717) is 6.42 Å². The molecule has 0 atom stereocenters. The fraction of sp³-hybridized carbons (Fsp3) is 0.385. The van der Waals surface area contributed by atoms with Crippen LogP contribution in [0, 0.1) is 6.92 Å². The second kappa shape index (κ2) is 4.47. The van der Waals surface area contributed by atoms with E-state index in [9.17, 15) is 4.79 Å². The zero-order valence-electron chi connectivity index (χ0n) is 9.73. The van der Waals surface area contributed by atoms with E-state index in [1.165, 1.54) is 0 Å². The van der Waals surface area contributed by atoms with Gasteiger partial charge in [-0.2, -0.15) is 0 Å². The lowest BCUT2D eigenvalue weighted by Crippen LogP contribution is -2.02. The zero-order valence-corrected chi connectivity index (χ0v) is 9.73. The number of benzene rings is 1. The van der Waals surface area contributed by atoms with E-state index >= 15 is 0 Å². The van der Waals surface area contributed by atoms with E-state index in [-0.39, 0.29) is 5.78 Å². The predicted molar refractivity (Wildman–Crippen MR) is 64.4 cm³/mol. The number of aryl methyl sites for hydroxylation is 2. The molecule has 0 spiro atoms. The summed E-state index contributed by atoms with van der Waals surface area (Å²) in [5.41, 5.74) is 2.19. The van der Waals surface area contributed by atoms with Gasteiger partial charge in [-0.25, -0.2) is 4.98 Å². The van der Waals surface area contributed by atoms with Gasteiger partial charge in [0.15, 0.2) is 0 Å². The van der Waals surface area contributed by atoms with Crippen LogP contribution in [0.15, 0.2) is 24.3 Å². The molecule has 2 rings (SSSR count). The first-order chi connectivity index (χ1) is 7.68. The molecule has 0 saturated heterocycles. The van der Waals surface area contributed by atoms with E-state index < -0.39 is 0 Å². The molecule has 0 N–H and O–H groups in total. The molecule has 0 fully saturated rings. The fourth-order valence-electron chi connectivity index (χ4n) is 1.96. The molecule has 1 aromatic heterocycles. The lowest BCUT2D eigenvalue weighted by molar-refractivity contribution is -0.117. The van der Waals surface area contributed by atoms with Crippen LogP contribution in [-0.4, -0.2) is 15.3 Å². The number of hydrogen-bond acceptors (Lipinski definition) is 2. The summed E-state index contributed by atoms with van der Waals surface area (Å²) in [5, 5.41) is 0. The molecule has 1 heterocycles. The van der Waals surface area contributed by atoms with Crippen LogP contribution in [0.3, 0.4) is 0 Å². The Balaban J connectivity index is 2.22. The van der Waals surface area contributed by atoms with Crippen LogP contribution in [0.5, 0.6) is 0 Å². The van der Waals surface area contributed by atoms with Crippen LogP contribution in [0.4, 0.5) is 0 Å². The van der Waals surface area contributed by atoms with E-state index in [1.807, 2.05) is 25.1 Å². The topological polar surface area (TPSA) is 34.9 Å². The van der Waals surface area contributed by atoms with Crippen LogP contribution >= 0.6 is 0 Å². The number of rotatable bonds is 4. The van der Waals surface area contributed by atoms with Gasteiger partial charge in [0.25, 0.3) is 0 Å². The normalized spacial score (nSPS) is 10.9. The van der Waals surface area contributed by atoms with Crippen molar-refractivity contribution in [1.29, 1.82) is 0 Å². The zero-order chi connectivity index (χ0) is 11.5. The van der Waals surface area contributed by atoms with Gasteiger partial charge >= 0.3 is 0 Å². The maximum atomic E-state index is 10.9. The quantitative estimate of drug-likeness (QED) is 0.787. The minimum absolute atomic E-state index is 0.252. The van der Waals surface area contributed by atoms with Crippen LogP contribution in [0.25, 0.3) is 11.0 Å². The predicted octanol–water partition coefficient (Wildman–Crippen LogP) is 2.71. The van der Waals surface area contributed by atoms with Gasteiger partial charge in [0.2, 0.25) is 0 Å². The third-order valence-electron chi connectivity index (χ3n) is 2.76. The molecular weight excluding hydrogens is 200 g/mol. The highest BCUT2D eigenvalue weighted by atomic mass is 16.1. The number of carbonyl (C=O) groups excluding carboxylic acids is 1. The minimum atomic E-state index is 0.252. The molecular formula is C13H16N2O. The molecule has 0 unspecified atom stereocenters. The number of ketones is 1. The van der Waals surface area contributed by atoms with Crippen molar-refractivity contribution < 1.29 is 4.79 Å². The van der Waals surface area contributed by atoms with Crippen molar-refractivity contribution >= 4 is 16.8 Å². The standard InChI is InChI=1S/C13H16N2O/c1-10(16)6-5-9-15-11(2)14-12-7-3-4-8-13(12)15/h3-4,7-8H,5-6,9H2,1-2H3. The molecule has 84 valence electrons. The number of carbonyl (C=O) groups is 1. The first-order valence-corrected chi connectivity index (χ1v) is 5.60. The Labute approximate surface area is 95.1 Å². The molecule has 0 bridgehead atoms. The number of Topliss-reactive ketones (excluding diaryl/α,β-unsaturated/α-hetero) is 1. The summed E-state index contributed by atoms with van der Waals surface area (Å²) in [6.45, 7) is 4.51. The maximum absolute atomic E-state index is 10.9. The first kappa shape index (κ1) is 10.9. The minimum Gasteiger partial charge on any atom is -0.328 e.